The molecule has 0 spiro atoms. The largest absolute Gasteiger partial charge is 0.496 e. The highest BCUT2D eigenvalue weighted by Gasteiger charge is 2.36. The van der Waals surface area contributed by atoms with Crippen LogP contribution in [0.4, 0.5) is 0 Å². The molecule has 3 rings (SSSR count). The summed E-state index contributed by atoms with van der Waals surface area (Å²) < 4.78 is 9.77. The summed E-state index contributed by atoms with van der Waals surface area (Å²) in [6, 6.07) is 5.73. The van der Waals surface area contributed by atoms with Crippen LogP contribution in [0.1, 0.15) is 23.2 Å². The maximum atomic E-state index is 12.8. The number of nitrogens with one attached hydrogen (secondary N) is 2. The second-order valence-corrected chi connectivity index (χ2v) is 7.89. The molecule has 182 valence electrons. The molecule has 5 N–H and O–H groups in total. The Hall–Kier alpha value is -3.93. The number of allylic oxidation sites excluding steroid dienone is 1. The minimum atomic E-state index is -1.48. The van der Waals surface area contributed by atoms with Crippen LogP contribution in [0, 0.1) is 5.92 Å². The first-order valence-corrected chi connectivity index (χ1v) is 10.5. The van der Waals surface area contributed by atoms with E-state index in [0.717, 1.165) is 4.90 Å². The smallest absolute Gasteiger partial charge is 0.310 e. The van der Waals surface area contributed by atoms with Gasteiger partial charge in [-0.15, -0.1) is 0 Å². The summed E-state index contributed by atoms with van der Waals surface area (Å²) in [6.07, 6.45) is -0.0166. The summed E-state index contributed by atoms with van der Waals surface area (Å²) >= 11 is 0. The number of carbonyl (C=O) groups excluding carboxylic acids is 5. The van der Waals surface area contributed by atoms with E-state index >= 15 is 0 Å². The molecule has 1 saturated heterocycles. The molecule has 0 bridgehead atoms. The van der Waals surface area contributed by atoms with Crippen molar-refractivity contribution in [3.8, 4) is 5.75 Å². The predicted octanol–water partition coefficient (Wildman–Crippen LogP) is -1.56. The predicted molar refractivity (Wildman–Crippen MR) is 116 cm³/mol. The molecule has 12 heteroatoms. The van der Waals surface area contributed by atoms with E-state index in [-0.39, 0.29) is 25.9 Å². The number of methoxy groups -OCH3 is 1. The summed E-state index contributed by atoms with van der Waals surface area (Å²) in [7, 11) is 1.45. The molecule has 0 aromatic heterocycles. The number of rotatable bonds is 8. The van der Waals surface area contributed by atoms with Crippen molar-refractivity contribution in [3.05, 3.63) is 41.5 Å². The van der Waals surface area contributed by atoms with Crippen LogP contribution in [0.5, 0.6) is 5.75 Å². The number of hydrogen-bond donors (Lipinski definition) is 4. The third kappa shape index (κ3) is 5.90. The fourth-order valence-electron chi connectivity index (χ4n) is 3.71. The van der Waals surface area contributed by atoms with Gasteiger partial charge in [-0.05, 0) is 24.1 Å². The van der Waals surface area contributed by atoms with Gasteiger partial charge in [-0.3, -0.25) is 24.0 Å². The highest BCUT2D eigenvalue weighted by atomic mass is 16.6. The molecular formula is C22H26N4O8. The third-order valence-electron chi connectivity index (χ3n) is 5.48. The molecular weight excluding hydrogens is 448 g/mol. The SMILES string of the molecule is COc1ccccc1C(=O)NCC1=CCC(C(N)=O)C(=O)N(CC(=O)NC2CC(=O)OC2O)C1. The Balaban J connectivity index is 1.67. The van der Waals surface area contributed by atoms with Crippen molar-refractivity contribution in [1.82, 2.24) is 15.5 Å². The van der Waals surface area contributed by atoms with E-state index in [4.69, 9.17) is 10.5 Å². The maximum Gasteiger partial charge on any atom is 0.310 e. The van der Waals surface area contributed by atoms with E-state index in [0.29, 0.717) is 16.9 Å². The molecule has 2 heterocycles. The topological polar surface area (TPSA) is 177 Å². The summed E-state index contributed by atoms with van der Waals surface area (Å²) in [4.78, 5) is 62.1. The lowest BCUT2D eigenvalue weighted by Gasteiger charge is -2.25. The number of cyclic esters (lactones) is 1. The minimum absolute atomic E-state index is 0.0236. The first-order chi connectivity index (χ1) is 16.2. The molecule has 3 unspecified atom stereocenters. The standard InChI is InChI=1S/C22H26N4O8/c1-33-16-5-3-2-4-13(16)20(30)24-9-12-6-7-14(19(23)29)21(31)26(10-12)11-17(27)25-15-8-18(28)34-22(15)32/h2-6,14-15,22,32H,7-11H2,1H3,(H2,23,29)(H,24,30)(H,25,27). The highest BCUT2D eigenvalue weighted by Crippen LogP contribution is 2.19. The van der Waals surface area contributed by atoms with Gasteiger partial charge in [-0.2, -0.15) is 0 Å². The zero-order valence-electron chi connectivity index (χ0n) is 18.5. The summed E-state index contributed by atoms with van der Waals surface area (Å²) in [5.74, 6) is -3.96. The zero-order chi connectivity index (χ0) is 24.8. The highest BCUT2D eigenvalue weighted by molar-refractivity contribution is 6.01. The van der Waals surface area contributed by atoms with Gasteiger partial charge in [0.25, 0.3) is 5.91 Å². The van der Waals surface area contributed by atoms with E-state index in [2.05, 4.69) is 15.4 Å². The van der Waals surface area contributed by atoms with Gasteiger partial charge in [0, 0.05) is 13.1 Å². The van der Waals surface area contributed by atoms with Gasteiger partial charge < -0.3 is 35.8 Å². The number of esters is 1. The Kier molecular flexibility index (Phi) is 7.84. The summed E-state index contributed by atoms with van der Waals surface area (Å²) in [5, 5.41) is 14.9. The van der Waals surface area contributed by atoms with E-state index in [9.17, 15) is 29.1 Å². The Morgan fingerprint density at radius 2 is 2.00 bits per heavy atom. The van der Waals surface area contributed by atoms with Gasteiger partial charge >= 0.3 is 5.97 Å². The normalized spacial score (nSPS) is 22.4. The van der Waals surface area contributed by atoms with Gasteiger partial charge in [0.05, 0.1) is 25.6 Å². The van der Waals surface area contributed by atoms with Crippen molar-refractivity contribution >= 4 is 29.6 Å². The van der Waals surface area contributed by atoms with Gasteiger partial charge in [-0.1, -0.05) is 18.2 Å². The molecule has 1 fully saturated rings. The minimum Gasteiger partial charge on any atom is -0.496 e. The molecule has 1 aromatic carbocycles. The van der Waals surface area contributed by atoms with Crippen LogP contribution >= 0.6 is 0 Å². The maximum absolute atomic E-state index is 12.8. The number of primary amides is 1. The monoisotopic (exact) mass is 474 g/mol. The van der Waals surface area contributed by atoms with Crippen molar-refractivity contribution in [3.63, 3.8) is 0 Å². The van der Waals surface area contributed by atoms with Gasteiger partial charge in [-0.25, -0.2) is 0 Å². The molecule has 0 radical (unpaired) electrons. The summed E-state index contributed by atoms with van der Waals surface area (Å²) in [5.41, 5.74) is 6.29. The van der Waals surface area contributed by atoms with E-state index < -0.39 is 54.4 Å². The molecule has 2 aliphatic heterocycles. The summed E-state index contributed by atoms with van der Waals surface area (Å²) in [6.45, 7) is -0.430. The van der Waals surface area contributed by atoms with Gasteiger partial charge in [0.2, 0.25) is 24.0 Å². The number of amides is 4. The molecule has 0 saturated carbocycles. The Morgan fingerprint density at radius 1 is 1.26 bits per heavy atom. The fraction of sp³-hybridized carbons (Fsp3) is 0.409. The second-order valence-electron chi connectivity index (χ2n) is 7.89. The number of hydrogen-bond acceptors (Lipinski definition) is 8. The van der Waals surface area contributed by atoms with Crippen molar-refractivity contribution in [2.75, 3.05) is 26.7 Å². The quantitative estimate of drug-likeness (QED) is 0.198. The Bertz CT molecular complexity index is 1020. The van der Waals surface area contributed by atoms with Crippen molar-refractivity contribution in [2.45, 2.75) is 25.2 Å². The number of para-hydroxylation sites is 1. The first kappa shape index (κ1) is 24.7. The van der Waals surface area contributed by atoms with Crippen molar-refractivity contribution in [1.29, 1.82) is 0 Å². The number of aliphatic hydroxyl groups is 1. The number of nitrogens with zero attached hydrogens (tertiary/aromatic N) is 1. The van der Waals surface area contributed by atoms with Crippen LogP contribution in [-0.4, -0.2) is 78.7 Å². The van der Waals surface area contributed by atoms with E-state index in [1.807, 2.05) is 0 Å². The number of ether oxygens (including phenoxy) is 2. The molecule has 0 aliphatic carbocycles. The second kappa shape index (κ2) is 10.8. The lowest BCUT2D eigenvalue weighted by Crippen LogP contribution is -2.49. The zero-order valence-corrected chi connectivity index (χ0v) is 18.5. The average molecular weight is 474 g/mol. The molecule has 12 nitrogen and oxygen atoms in total. The van der Waals surface area contributed by atoms with Crippen LogP contribution in [0.15, 0.2) is 35.9 Å². The molecule has 2 aliphatic rings. The molecule has 34 heavy (non-hydrogen) atoms. The van der Waals surface area contributed by atoms with Crippen LogP contribution in [0.2, 0.25) is 0 Å². The average Bonchev–Trinajstić information content (AvgIpc) is 3.02. The third-order valence-corrected chi connectivity index (χ3v) is 5.48. The van der Waals surface area contributed by atoms with E-state index in [1.165, 1.54) is 7.11 Å². The molecule has 3 atom stereocenters. The van der Waals surface area contributed by atoms with Crippen LogP contribution in [-0.2, 0) is 23.9 Å². The van der Waals surface area contributed by atoms with Crippen molar-refractivity contribution < 1.29 is 38.6 Å². The Morgan fingerprint density at radius 3 is 2.65 bits per heavy atom. The van der Waals surface area contributed by atoms with Crippen LogP contribution in [0.3, 0.4) is 0 Å². The molecule has 4 amide bonds. The molecule has 1 aromatic rings. The van der Waals surface area contributed by atoms with Crippen LogP contribution < -0.4 is 21.1 Å². The number of carbonyl (C=O) groups is 5. The lowest BCUT2D eigenvalue weighted by atomic mass is 10.0. The first-order valence-electron chi connectivity index (χ1n) is 10.5. The fourth-order valence-corrected chi connectivity index (χ4v) is 3.71. The number of nitrogens with two attached hydrogens (primary N) is 1. The van der Waals surface area contributed by atoms with Crippen molar-refractivity contribution in [2.24, 2.45) is 11.7 Å². The number of benzene rings is 1. The lowest BCUT2D eigenvalue weighted by molar-refractivity contribution is -0.155. The van der Waals surface area contributed by atoms with Gasteiger partial charge in [0.15, 0.2) is 0 Å². The van der Waals surface area contributed by atoms with Gasteiger partial charge in [0.1, 0.15) is 17.7 Å². The van der Waals surface area contributed by atoms with Crippen LogP contribution in [0.25, 0.3) is 0 Å². The van der Waals surface area contributed by atoms with E-state index in [1.54, 1.807) is 30.3 Å². The Labute approximate surface area is 195 Å². The number of aliphatic hydroxyl groups excluding tert-OH is 1.